The Morgan fingerprint density at radius 1 is 1.34 bits per heavy atom. The molecule has 0 bridgehead atoms. The van der Waals surface area contributed by atoms with E-state index in [9.17, 15) is 4.79 Å². The minimum atomic E-state index is 0.00325. The molecule has 1 N–H and O–H groups in total. The van der Waals surface area contributed by atoms with Gasteiger partial charge in [0.05, 0.1) is 6.20 Å². The van der Waals surface area contributed by atoms with E-state index in [1.54, 1.807) is 12.5 Å². The lowest BCUT2D eigenvalue weighted by molar-refractivity contribution is 0.0719. The number of amides is 1. The third-order valence-corrected chi connectivity index (χ3v) is 6.83. The Balaban J connectivity index is 1.52. The van der Waals surface area contributed by atoms with Crippen molar-refractivity contribution in [3.8, 4) is 11.5 Å². The van der Waals surface area contributed by atoms with Crippen LogP contribution in [0.2, 0.25) is 0 Å². The Kier molecular flexibility index (Phi) is 5.74. The zero-order valence-corrected chi connectivity index (χ0v) is 18.2. The number of anilines is 1. The Labute approximate surface area is 176 Å². The summed E-state index contributed by atoms with van der Waals surface area (Å²) in [6, 6.07) is 1.99. The minimum absolute atomic E-state index is 0.00325. The maximum atomic E-state index is 13.0. The number of aromatic nitrogens is 2. The van der Waals surface area contributed by atoms with Gasteiger partial charge < -0.3 is 19.9 Å². The van der Waals surface area contributed by atoms with Crippen LogP contribution in [-0.2, 0) is 0 Å². The summed E-state index contributed by atoms with van der Waals surface area (Å²) in [5, 5.41) is 5.34. The smallest absolute Gasteiger partial charge is 0.267 e. The molecule has 2 fully saturated rings. The van der Waals surface area contributed by atoms with Crippen molar-refractivity contribution in [1.82, 2.24) is 20.2 Å². The Bertz CT molecular complexity index is 854. The van der Waals surface area contributed by atoms with Crippen molar-refractivity contribution in [2.45, 2.75) is 39.7 Å². The first-order valence-corrected chi connectivity index (χ1v) is 11.2. The fourth-order valence-corrected chi connectivity index (χ4v) is 5.10. The maximum Gasteiger partial charge on any atom is 0.267 e. The quantitative estimate of drug-likeness (QED) is 0.780. The SMILES string of the molecule is CCN(C(=O)c1sccc1Oc1cncnc1N1CC2(CCNCC2)C1)C(C)C. The van der Waals surface area contributed by atoms with Crippen LogP contribution in [0.5, 0.6) is 11.5 Å². The number of carbonyl (C=O) groups is 1. The molecule has 4 rings (SSSR count). The normalized spacial score (nSPS) is 18.0. The number of nitrogens with one attached hydrogen (secondary N) is 1. The number of hydrogen-bond donors (Lipinski definition) is 1. The van der Waals surface area contributed by atoms with E-state index in [-0.39, 0.29) is 11.9 Å². The van der Waals surface area contributed by atoms with Crippen LogP contribution < -0.4 is 15.0 Å². The molecular weight excluding hydrogens is 386 g/mol. The van der Waals surface area contributed by atoms with E-state index in [0.29, 0.717) is 28.3 Å². The van der Waals surface area contributed by atoms with Gasteiger partial charge in [0.25, 0.3) is 5.91 Å². The average Bonchev–Trinajstić information content (AvgIpc) is 3.15. The van der Waals surface area contributed by atoms with Gasteiger partial charge in [0.1, 0.15) is 11.2 Å². The fraction of sp³-hybridized carbons (Fsp3) is 0.571. The third-order valence-electron chi connectivity index (χ3n) is 5.94. The highest BCUT2D eigenvalue weighted by molar-refractivity contribution is 7.12. The predicted molar refractivity (Wildman–Crippen MR) is 115 cm³/mol. The van der Waals surface area contributed by atoms with Crippen molar-refractivity contribution in [2.75, 3.05) is 37.6 Å². The second-order valence-electron chi connectivity index (χ2n) is 8.22. The van der Waals surface area contributed by atoms with Crippen molar-refractivity contribution < 1.29 is 9.53 Å². The molecule has 8 heteroatoms. The van der Waals surface area contributed by atoms with Crippen LogP contribution in [0.4, 0.5) is 5.82 Å². The van der Waals surface area contributed by atoms with Crippen LogP contribution in [0.1, 0.15) is 43.3 Å². The molecule has 2 aliphatic rings. The number of carbonyl (C=O) groups excluding carboxylic acids is 1. The highest BCUT2D eigenvalue weighted by Gasteiger charge is 2.44. The van der Waals surface area contributed by atoms with Gasteiger partial charge in [0, 0.05) is 31.1 Å². The van der Waals surface area contributed by atoms with Gasteiger partial charge in [-0.05, 0) is 58.1 Å². The van der Waals surface area contributed by atoms with E-state index >= 15 is 0 Å². The van der Waals surface area contributed by atoms with Crippen LogP contribution in [0.3, 0.4) is 0 Å². The first kappa shape index (κ1) is 20.1. The van der Waals surface area contributed by atoms with Gasteiger partial charge in [-0.3, -0.25) is 4.79 Å². The first-order chi connectivity index (χ1) is 14.0. The predicted octanol–water partition coefficient (Wildman–Crippen LogP) is 3.39. The van der Waals surface area contributed by atoms with Gasteiger partial charge in [0.15, 0.2) is 17.3 Å². The standard InChI is InChI=1S/C21H29N5O2S/c1-4-26(15(2)3)20(27)18-16(5-10-29-18)28-17-11-23-14-24-19(17)25-12-21(13-25)6-8-22-9-7-21/h5,10-11,14-15,22H,4,6-9,12-13H2,1-3H3. The van der Waals surface area contributed by atoms with E-state index < -0.39 is 0 Å². The summed E-state index contributed by atoms with van der Waals surface area (Å²) in [4.78, 5) is 26.4. The first-order valence-electron chi connectivity index (χ1n) is 10.3. The lowest BCUT2D eigenvalue weighted by Gasteiger charge is -2.53. The van der Waals surface area contributed by atoms with E-state index in [1.165, 1.54) is 24.2 Å². The topological polar surface area (TPSA) is 70.6 Å². The van der Waals surface area contributed by atoms with Crippen LogP contribution in [0.15, 0.2) is 24.0 Å². The Morgan fingerprint density at radius 3 is 2.79 bits per heavy atom. The second-order valence-corrected chi connectivity index (χ2v) is 9.13. The number of nitrogens with zero attached hydrogens (tertiary/aromatic N) is 4. The second kappa shape index (κ2) is 8.28. The van der Waals surface area contributed by atoms with E-state index in [0.717, 1.165) is 32.0 Å². The van der Waals surface area contributed by atoms with Gasteiger partial charge in [-0.25, -0.2) is 9.97 Å². The molecule has 7 nitrogen and oxygen atoms in total. The molecule has 1 amide bonds. The van der Waals surface area contributed by atoms with Gasteiger partial charge in [0.2, 0.25) is 0 Å². The lowest BCUT2D eigenvalue weighted by atomic mass is 9.72. The van der Waals surface area contributed by atoms with Crippen molar-refractivity contribution >= 4 is 23.1 Å². The summed E-state index contributed by atoms with van der Waals surface area (Å²) >= 11 is 1.41. The molecule has 0 radical (unpaired) electrons. The molecule has 4 heterocycles. The molecular formula is C21H29N5O2S. The number of thiophene rings is 1. The molecule has 156 valence electrons. The maximum absolute atomic E-state index is 13.0. The van der Waals surface area contributed by atoms with Gasteiger partial charge in [-0.15, -0.1) is 11.3 Å². The van der Waals surface area contributed by atoms with Crippen molar-refractivity contribution in [2.24, 2.45) is 5.41 Å². The van der Waals surface area contributed by atoms with Gasteiger partial charge in [-0.2, -0.15) is 0 Å². The van der Waals surface area contributed by atoms with E-state index in [1.807, 2.05) is 37.1 Å². The van der Waals surface area contributed by atoms with Crippen LogP contribution in [-0.4, -0.2) is 59.5 Å². The lowest BCUT2D eigenvalue weighted by Crippen LogP contribution is -2.60. The molecule has 2 aromatic heterocycles. The molecule has 0 unspecified atom stereocenters. The monoisotopic (exact) mass is 415 g/mol. The molecule has 0 saturated carbocycles. The van der Waals surface area contributed by atoms with Gasteiger partial charge in [-0.1, -0.05) is 0 Å². The van der Waals surface area contributed by atoms with Crippen LogP contribution in [0, 0.1) is 5.41 Å². The van der Waals surface area contributed by atoms with E-state index in [4.69, 9.17) is 4.74 Å². The molecule has 0 aromatic carbocycles. The molecule has 0 atom stereocenters. The Hall–Kier alpha value is -2.19. The molecule has 2 aliphatic heterocycles. The number of piperidine rings is 1. The number of hydrogen-bond acceptors (Lipinski definition) is 7. The molecule has 2 aromatic rings. The Morgan fingerprint density at radius 2 is 2.10 bits per heavy atom. The summed E-state index contributed by atoms with van der Waals surface area (Å²) in [5.41, 5.74) is 0.399. The van der Waals surface area contributed by atoms with E-state index in [2.05, 4.69) is 20.2 Å². The van der Waals surface area contributed by atoms with Gasteiger partial charge >= 0.3 is 0 Å². The third kappa shape index (κ3) is 3.96. The molecule has 1 spiro atoms. The zero-order valence-electron chi connectivity index (χ0n) is 17.4. The number of rotatable bonds is 6. The van der Waals surface area contributed by atoms with Crippen molar-refractivity contribution in [3.63, 3.8) is 0 Å². The van der Waals surface area contributed by atoms with Crippen LogP contribution in [0.25, 0.3) is 0 Å². The molecule has 29 heavy (non-hydrogen) atoms. The van der Waals surface area contributed by atoms with Crippen molar-refractivity contribution in [1.29, 1.82) is 0 Å². The molecule has 0 aliphatic carbocycles. The van der Waals surface area contributed by atoms with Crippen LogP contribution >= 0.6 is 11.3 Å². The zero-order chi connectivity index (χ0) is 20.4. The highest BCUT2D eigenvalue weighted by Crippen LogP contribution is 2.44. The van der Waals surface area contributed by atoms with Crippen molar-refractivity contribution in [3.05, 3.63) is 28.8 Å². The average molecular weight is 416 g/mol. The fourth-order valence-electron chi connectivity index (χ4n) is 4.33. The largest absolute Gasteiger partial charge is 0.450 e. The summed E-state index contributed by atoms with van der Waals surface area (Å²) in [6.45, 7) is 10.9. The highest BCUT2D eigenvalue weighted by atomic mass is 32.1. The summed E-state index contributed by atoms with van der Waals surface area (Å²) in [6.07, 6.45) is 5.67. The summed E-state index contributed by atoms with van der Waals surface area (Å²) in [5.74, 6) is 2.00. The molecule has 2 saturated heterocycles. The summed E-state index contributed by atoms with van der Waals surface area (Å²) < 4.78 is 6.19. The minimum Gasteiger partial charge on any atom is -0.450 e. The summed E-state index contributed by atoms with van der Waals surface area (Å²) in [7, 11) is 0. The number of ether oxygens (including phenoxy) is 1.